The molecular weight excluding hydrogens is 509 g/mol. The Labute approximate surface area is 245 Å². The fourth-order valence-electron chi connectivity index (χ4n) is 7.99. The molecule has 5 aromatic carbocycles. The number of hydrogen-bond donors (Lipinski definition) is 0. The van der Waals surface area contributed by atoms with Crippen LogP contribution in [0.1, 0.15) is 53.5 Å². The van der Waals surface area contributed by atoms with Gasteiger partial charge in [0.15, 0.2) is 8.07 Å². The highest BCUT2D eigenvalue weighted by Crippen LogP contribution is 2.55. The first kappa shape index (κ1) is 25.7. The van der Waals surface area contributed by atoms with Crippen LogP contribution in [0.3, 0.4) is 0 Å². The molecule has 0 aromatic heterocycles. The van der Waals surface area contributed by atoms with Gasteiger partial charge in [-0.2, -0.15) is 0 Å². The Morgan fingerprint density at radius 2 is 1.12 bits per heavy atom. The van der Waals surface area contributed by atoms with E-state index in [0.29, 0.717) is 11.8 Å². The van der Waals surface area contributed by atoms with E-state index in [2.05, 4.69) is 159 Å². The molecule has 2 atom stereocenters. The fourth-order valence-corrected chi connectivity index (χ4v) is 14.1. The van der Waals surface area contributed by atoms with Crippen LogP contribution in [0.2, 0.25) is 0 Å². The van der Waals surface area contributed by atoms with Gasteiger partial charge >= 0.3 is 0 Å². The van der Waals surface area contributed by atoms with Crippen molar-refractivity contribution in [1.82, 2.24) is 0 Å². The number of hydrogen-bond acceptors (Lipinski definition) is 0. The zero-order chi connectivity index (χ0) is 27.8. The Balaban J connectivity index is 1.63. The summed E-state index contributed by atoms with van der Waals surface area (Å²) in [4.78, 5) is 0. The zero-order valence-electron chi connectivity index (χ0n) is 23.7. The first-order valence-electron chi connectivity index (χ1n) is 15.0. The number of allylic oxidation sites excluding steroid dienone is 2. The average molecular weight is 545 g/mol. The van der Waals surface area contributed by atoms with Crippen molar-refractivity contribution in [2.45, 2.75) is 31.2 Å². The molecule has 0 N–H and O–H groups in total. The molecule has 2 aliphatic rings. The molecule has 0 spiro atoms. The van der Waals surface area contributed by atoms with Crippen molar-refractivity contribution >= 4 is 24.5 Å². The summed E-state index contributed by atoms with van der Waals surface area (Å²) in [6.07, 6.45) is 6.88. The van der Waals surface area contributed by atoms with Crippen LogP contribution in [-0.4, -0.2) is 8.07 Å². The Kier molecular flexibility index (Phi) is 6.69. The zero-order valence-corrected chi connectivity index (χ0v) is 24.7. The van der Waals surface area contributed by atoms with E-state index >= 15 is 0 Å². The summed E-state index contributed by atoms with van der Waals surface area (Å²) in [6, 6.07) is 50.6. The minimum Gasteiger partial charge on any atom is -0.103 e. The van der Waals surface area contributed by atoms with Crippen LogP contribution in [0, 0.1) is 5.92 Å². The lowest BCUT2D eigenvalue weighted by Gasteiger charge is -2.44. The predicted molar refractivity (Wildman–Crippen MR) is 177 cm³/mol. The Morgan fingerprint density at radius 1 is 0.634 bits per heavy atom. The Bertz CT molecular complexity index is 1640. The number of fused-ring (bicyclic) bond motifs is 4. The topological polar surface area (TPSA) is 0 Å². The van der Waals surface area contributed by atoms with Crippen LogP contribution >= 0.6 is 0 Å². The lowest BCUT2D eigenvalue weighted by Crippen LogP contribution is -2.65. The molecule has 1 heteroatoms. The molecule has 0 radical (unpaired) electrons. The molecule has 7 rings (SSSR count). The summed E-state index contributed by atoms with van der Waals surface area (Å²) >= 11 is 0. The minimum atomic E-state index is -2.73. The molecule has 0 aliphatic heterocycles. The molecule has 41 heavy (non-hydrogen) atoms. The largest absolute Gasteiger partial charge is 0.156 e. The molecule has 0 bridgehead atoms. The van der Waals surface area contributed by atoms with Gasteiger partial charge in [0.25, 0.3) is 0 Å². The van der Waals surface area contributed by atoms with Gasteiger partial charge < -0.3 is 0 Å². The smallest absolute Gasteiger partial charge is 0.103 e. The molecular formula is C40H36Si. The van der Waals surface area contributed by atoms with Crippen LogP contribution in [-0.2, 0) is 0 Å². The first-order chi connectivity index (χ1) is 20.3. The van der Waals surface area contributed by atoms with Gasteiger partial charge in [0.1, 0.15) is 0 Å². The molecule has 0 saturated carbocycles. The lowest BCUT2D eigenvalue weighted by molar-refractivity contribution is 0.464. The minimum absolute atomic E-state index is 0.268. The van der Waals surface area contributed by atoms with Gasteiger partial charge in [-0.3, -0.25) is 0 Å². The molecule has 0 amide bonds. The molecule has 200 valence electrons. The van der Waals surface area contributed by atoms with Gasteiger partial charge in [-0.1, -0.05) is 164 Å². The predicted octanol–water partition coefficient (Wildman–Crippen LogP) is 8.92. The molecule has 2 aliphatic carbocycles. The standard InChI is InChI=1S/C40H36Si/c1-3-17-29(4-2)39-33-23-12-11-18-30(33)28-38(39)41(31-19-7-5-8-20-31,32-21-9-6-10-22-32)40-36-26-15-13-24-34(36)35-25-14-16-27-37(35)40/h3,5-16,18-29,39-40H,1,4,17H2,2H3. The maximum absolute atomic E-state index is 4.21. The molecule has 0 heterocycles. The number of rotatable bonds is 8. The van der Waals surface area contributed by atoms with E-state index in [1.54, 1.807) is 5.20 Å². The summed E-state index contributed by atoms with van der Waals surface area (Å²) in [6.45, 7) is 6.57. The maximum atomic E-state index is 4.21. The SMILES string of the molecule is C=CCC(CC)C1C([Si](c2ccccc2)(c2ccccc2)C2c3ccccc3-c3ccccc32)=Cc2ccccc21. The molecule has 0 saturated heterocycles. The van der Waals surface area contributed by atoms with Gasteiger partial charge in [0, 0.05) is 11.5 Å². The summed E-state index contributed by atoms with van der Waals surface area (Å²) in [5.74, 6) is 0.842. The Morgan fingerprint density at radius 3 is 1.66 bits per heavy atom. The van der Waals surface area contributed by atoms with Crippen LogP contribution in [0.15, 0.2) is 151 Å². The van der Waals surface area contributed by atoms with Gasteiger partial charge in [-0.25, -0.2) is 0 Å². The van der Waals surface area contributed by atoms with Crippen molar-refractivity contribution in [3.8, 4) is 11.1 Å². The van der Waals surface area contributed by atoms with E-state index in [4.69, 9.17) is 0 Å². The highest BCUT2D eigenvalue weighted by atomic mass is 28.3. The third-order valence-corrected chi connectivity index (χ3v) is 15.0. The van der Waals surface area contributed by atoms with Crippen LogP contribution in [0.5, 0.6) is 0 Å². The van der Waals surface area contributed by atoms with Crippen molar-refractivity contribution in [3.05, 3.63) is 174 Å². The van der Waals surface area contributed by atoms with Crippen molar-refractivity contribution in [2.75, 3.05) is 0 Å². The maximum Gasteiger partial charge on any atom is 0.156 e. The van der Waals surface area contributed by atoms with Crippen LogP contribution in [0.4, 0.5) is 0 Å². The van der Waals surface area contributed by atoms with Crippen molar-refractivity contribution in [1.29, 1.82) is 0 Å². The molecule has 2 unspecified atom stereocenters. The first-order valence-corrected chi connectivity index (χ1v) is 17.1. The fraction of sp³-hybridized carbons (Fsp3) is 0.150. The summed E-state index contributed by atoms with van der Waals surface area (Å²) in [5, 5.41) is 4.61. The van der Waals surface area contributed by atoms with Crippen LogP contribution < -0.4 is 10.4 Å². The summed E-state index contributed by atoms with van der Waals surface area (Å²) in [7, 11) is -2.73. The van der Waals surface area contributed by atoms with E-state index in [9.17, 15) is 0 Å². The Hall–Kier alpha value is -4.20. The van der Waals surface area contributed by atoms with Gasteiger partial charge in [-0.05, 0) is 56.1 Å². The third-order valence-electron chi connectivity index (χ3n) is 9.62. The van der Waals surface area contributed by atoms with E-state index in [-0.39, 0.29) is 5.54 Å². The van der Waals surface area contributed by atoms with Gasteiger partial charge in [0.05, 0.1) is 0 Å². The average Bonchev–Trinajstić information content (AvgIpc) is 3.59. The monoisotopic (exact) mass is 544 g/mol. The highest BCUT2D eigenvalue weighted by Gasteiger charge is 2.55. The number of benzene rings is 5. The highest BCUT2D eigenvalue weighted by molar-refractivity contribution is 7.09. The summed E-state index contributed by atoms with van der Waals surface area (Å²) in [5.41, 5.74) is 8.87. The molecule has 0 nitrogen and oxygen atoms in total. The summed E-state index contributed by atoms with van der Waals surface area (Å²) < 4.78 is 0. The van der Waals surface area contributed by atoms with Gasteiger partial charge in [-0.15, -0.1) is 6.58 Å². The molecule has 0 fully saturated rings. The second kappa shape index (κ2) is 10.6. The quantitative estimate of drug-likeness (QED) is 0.135. The van der Waals surface area contributed by atoms with E-state index < -0.39 is 8.07 Å². The van der Waals surface area contributed by atoms with Crippen molar-refractivity contribution in [3.63, 3.8) is 0 Å². The molecule has 5 aromatic rings. The second-order valence-corrected chi connectivity index (χ2v) is 15.5. The second-order valence-electron chi connectivity index (χ2n) is 11.5. The van der Waals surface area contributed by atoms with Crippen molar-refractivity contribution < 1.29 is 0 Å². The van der Waals surface area contributed by atoms with Crippen molar-refractivity contribution in [2.24, 2.45) is 5.92 Å². The van der Waals surface area contributed by atoms with Crippen LogP contribution in [0.25, 0.3) is 17.2 Å². The van der Waals surface area contributed by atoms with E-state index in [1.807, 2.05) is 0 Å². The third kappa shape index (κ3) is 3.95. The lowest BCUT2D eigenvalue weighted by atomic mass is 9.83. The van der Waals surface area contributed by atoms with E-state index in [1.165, 1.54) is 43.8 Å². The van der Waals surface area contributed by atoms with E-state index in [0.717, 1.165) is 12.8 Å². The van der Waals surface area contributed by atoms with Gasteiger partial charge in [0.2, 0.25) is 0 Å². The normalized spacial score (nSPS) is 16.4.